The Kier molecular flexibility index (Phi) is 6.33. The predicted octanol–water partition coefficient (Wildman–Crippen LogP) is 1.60. The maximum Gasteiger partial charge on any atom is 0.253 e. The smallest absolute Gasteiger partial charge is 0.253 e. The fraction of sp³-hybridized carbons (Fsp3) is 0.263. The number of carbonyl (C=O) groups excluding carboxylic acids is 2. The number of nitrogens with one attached hydrogen (secondary N) is 1. The van der Waals surface area contributed by atoms with E-state index in [-0.39, 0.29) is 43.5 Å². The number of halogens is 1. The molecule has 148 valence electrons. The van der Waals surface area contributed by atoms with Crippen molar-refractivity contribution in [3.8, 4) is 0 Å². The highest BCUT2D eigenvalue weighted by atomic mass is 35.5. The molecule has 0 aromatic heterocycles. The fourth-order valence-electron chi connectivity index (χ4n) is 2.93. The Balaban J connectivity index is 1.53. The molecule has 0 atom stereocenters. The van der Waals surface area contributed by atoms with Crippen LogP contribution >= 0.6 is 11.6 Å². The molecule has 9 heteroatoms. The first-order chi connectivity index (χ1) is 13.4. The van der Waals surface area contributed by atoms with Gasteiger partial charge in [-0.1, -0.05) is 41.9 Å². The van der Waals surface area contributed by atoms with Gasteiger partial charge in [0.2, 0.25) is 15.9 Å². The van der Waals surface area contributed by atoms with Gasteiger partial charge in [-0.2, -0.15) is 4.31 Å². The molecule has 3 rings (SSSR count). The lowest BCUT2D eigenvalue weighted by atomic mass is 10.2. The average molecular weight is 422 g/mol. The molecule has 2 aromatic rings. The lowest BCUT2D eigenvalue weighted by molar-refractivity contribution is -0.131. The molecule has 28 heavy (non-hydrogen) atoms. The zero-order chi connectivity index (χ0) is 20.1. The number of hydrogen-bond acceptors (Lipinski definition) is 4. The van der Waals surface area contributed by atoms with Crippen molar-refractivity contribution >= 4 is 33.4 Å². The number of benzene rings is 2. The third-order valence-corrected chi connectivity index (χ3v) is 6.73. The van der Waals surface area contributed by atoms with Gasteiger partial charge in [-0.3, -0.25) is 9.59 Å². The van der Waals surface area contributed by atoms with Gasteiger partial charge in [0.05, 0.1) is 22.0 Å². The lowest BCUT2D eigenvalue weighted by Crippen LogP contribution is -2.52. The number of rotatable bonds is 5. The molecule has 1 heterocycles. The predicted molar refractivity (Wildman–Crippen MR) is 106 cm³/mol. The van der Waals surface area contributed by atoms with E-state index in [1.54, 1.807) is 59.5 Å². The highest BCUT2D eigenvalue weighted by Gasteiger charge is 2.30. The van der Waals surface area contributed by atoms with Crippen LogP contribution in [0.3, 0.4) is 0 Å². The Labute approximate surface area is 168 Å². The van der Waals surface area contributed by atoms with E-state index >= 15 is 0 Å². The first-order valence-corrected chi connectivity index (χ1v) is 10.6. The van der Waals surface area contributed by atoms with Gasteiger partial charge in [-0.25, -0.2) is 8.42 Å². The maximum atomic E-state index is 12.6. The van der Waals surface area contributed by atoms with Crippen LogP contribution in [-0.4, -0.2) is 62.2 Å². The maximum absolute atomic E-state index is 12.6. The summed E-state index contributed by atoms with van der Waals surface area (Å²) in [4.78, 5) is 26.3. The summed E-state index contributed by atoms with van der Waals surface area (Å²) in [7, 11) is -3.57. The van der Waals surface area contributed by atoms with Crippen molar-refractivity contribution in [2.24, 2.45) is 0 Å². The lowest BCUT2D eigenvalue weighted by Gasteiger charge is -2.34. The van der Waals surface area contributed by atoms with E-state index < -0.39 is 15.9 Å². The molecule has 0 bridgehead atoms. The van der Waals surface area contributed by atoms with Crippen molar-refractivity contribution in [1.82, 2.24) is 14.5 Å². The summed E-state index contributed by atoms with van der Waals surface area (Å²) in [5.74, 6) is -0.693. The van der Waals surface area contributed by atoms with Crippen LogP contribution in [0.1, 0.15) is 10.4 Å². The second kappa shape index (κ2) is 8.72. The Morgan fingerprint density at radius 1 is 0.929 bits per heavy atom. The molecule has 0 spiro atoms. The number of hydrogen-bond donors (Lipinski definition) is 1. The van der Waals surface area contributed by atoms with Gasteiger partial charge >= 0.3 is 0 Å². The molecular weight excluding hydrogens is 402 g/mol. The summed E-state index contributed by atoms with van der Waals surface area (Å²) < 4.78 is 26.6. The fourth-order valence-corrected chi connectivity index (χ4v) is 4.59. The number of carbonyl (C=O) groups is 2. The van der Waals surface area contributed by atoms with Crippen molar-refractivity contribution in [3.63, 3.8) is 0 Å². The number of nitrogens with zero attached hydrogens (tertiary/aromatic N) is 2. The van der Waals surface area contributed by atoms with E-state index in [1.165, 1.54) is 4.31 Å². The van der Waals surface area contributed by atoms with Gasteiger partial charge in [0.25, 0.3) is 5.91 Å². The van der Waals surface area contributed by atoms with E-state index in [0.29, 0.717) is 10.6 Å². The Morgan fingerprint density at radius 3 is 2.18 bits per heavy atom. The van der Waals surface area contributed by atoms with Crippen molar-refractivity contribution in [1.29, 1.82) is 0 Å². The minimum atomic E-state index is -3.57. The molecule has 7 nitrogen and oxygen atoms in total. The van der Waals surface area contributed by atoms with Crippen LogP contribution in [0.25, 0.3) is 0 Å². The summed E-state index contributed by atoms with van der Waals surface area (Å²) in [5.41, 5.74) is 0.302. The number of sulfonamides is 1. The molecule has 1 aliphatic rings. The van der Waals surface area contributed by atoms with E-state index in [0.717, 1.165) is 0 Å². The van der Waals surface area contributed by atoms with Crippen LogP contribution in [0.15, 0.2) is 59.5 Å². The summed E-state index contributed by atoms with van der Waals surface area (Å²) >= 11 is 5.97. The number of amides is 2. The van der Waals surface area contributed by atoms with Crippen molar-refractivity contribution < 1.29 is 18.0 Å². The van der Waals surface area contributed by atoms with Gasteiger partial charge in [0.15, 0.2) is 0 Å². The topological polar surface area (TPSA) is 86.8 Å². The van der Waals surface area contributed by atoms with Crippen LogP contribution < -0.4 is 5.32 Å². The highest BCUT2D eigenvalue weighted by molar-refractivity contribution is 7.89. The summed E-state index contributed by atoms with van der Waals surface area (Å²) in [6.07, 6.45) is 0. The third-order valence-electron chi connectivity index (χ3n) is 4.49. The van der Waals surface area contributed by atoms with E-state index in [2.05, 4.69) is 5.32 Å². The molecule has 1 fully saturated rings. The van der Waals surface area contributed by atoms with Crippen LogP contribution in [0, 0.1) is 0 Å². The van der Waals surface area contributed by atoms with Crippen LogP contribution in [0.4, 0.5) is 0 Å². The first-order valence-electron chi connectivity index (χ1n) is 8.75. The standard InChI is InChI=1S/C19H20ClN3O4S/c20-17-9-5-4-8-16(17)19(25)21-14-18(24)22-10-12-23(13-11-22)28(26,27)15-6-2-1-3-7-15/h1-9H,10-14H2,(H,21,25). The monoisotopic (exact) mass is 421 g/mol. The van der Waals surface area contributed by atoms with Crippen molar-refractivity contribution in [3.05, 3.63) is 65.2 Å². The largest absolute Gasteiger partial charge is 0.343 e. The Hall–Kier alpha value is -2.42. The molecule has 0 unspecified atom stereocenters. The third kappa shape index (κ3) is 4.52. The van der Waals surface area contributed by atoms with Gasteiger partial charge < -0.3 is 10.2 Å². The van der Waals surface area contributed by atoms with Crippen LogP contribution in [0.5, 0.6) is 0 Å². The minimum absolute atomic E-state index is 0.171. The zero-order valence-electron chi connectivity index (χ0n) is 15.0. The molecule has 1 aliphatic heterocycles. The average Bonchev–Trinajstić information content (AvgIpc) is 2.73. The van der Waals surface area contributed by atoms with Gasteiger partial charge in [0, 0.05) is 26.2 Å². The van der Waals surface area contributed by atoms with Crippen molar-refractivity contribution in [2.75, 3.05) is 32.7 Å². The molecule has 2 amide bonds. The zero-order valence-corrected chi connectivity index (χ0v) is 16.6. The number of piperazine rings is 1. The minimum Gasteiger partial charge on any atom is -0.343 e. The van der Waals surface area contributed by atoms with E-state index in [1.807, 2.05) is 0 Å². The van der Waals surface area contributed by atoms with Gasteiger partial charge in [-0.15, -0.1) is 0 Å². The summed E-state index contributed by atoms with van der Waals surface area (Å²) in [6, 6.07) is 14.8. The molecule has 1 saturated heterocycles. The summed E-state index contributed by atoms with van der Waals surface area (Å²) in [6.45, 7) is 0.790. The normalized spacial score (nSPS) is 15.2. The second-order valence-corrected chi connectivity index (χ2v) is 8.61. The van der Waals surface area contributed by atoms with Crippen LogP contribution in [0.2, 0.25) is 5.02 Å². The second-order valence-electron chi connectivity index (χ2n) is 6.26. The molecule has 1 N–H and O–H groups in total. The molecule has 0 aliphatic carbocycles. The van der Waals surface area contributed by atoms with Gasteiger partial charge in [0.1, 0.15) is 0 Å². The molecule has 0 saturated carbocycles. The van der Waals surface area contributed by atoms with Gasteiger partial charge in [-0.05, 0) is 24.3 Å². The van der Waals surface area contributed by atoms with Crippen LogP contribution in [-0.2, 0) is 14.8 Å². The molecular formula is C19H20ClN3O4S. The Morgan fingerprint density at radius 2 is 1.54 bits per heavy atom. The molecule has 2 aromatic carbocycles. The highest BCUT2D eigenvalue weighted by Crippen LogP contribution is 2.17. The summed E-state index contributed by atoms with van der Waals surface area (Å²) in [5, 5.41) is 2.87. The first kappa shape index (κ1) is 20.3. The van der Waals surface area contributed by atoms with E-state index in [4.69, 9.17) is 11.6 Å². The SMILES string of the molecule is O=C(NCC(=O)N1CCN(S(=O)(=O)c2ccccc2)CC1)c1ccccc1Cl. The van der Waals surface area contributed by atoms with E-state index in [9.17, 15) is 18.0 Å². The Bertz CT molecular complexity index is 958. The molecule has 0 radical (unpaired) electrons. The quantitative estimate of drug-likeness (QED) is 0.794. The van der Waals surface area contributed by atoms with Crippen molar-refractivity contribution in [2.45, 2.75) is 4.90 Å².